The van der Waals surface area contributed by atoms with Crippen molar-refractivity contribution in [1.29, 1.82) is 0 Å². The summed E-state index contributed by atoms with van der Waals surface area (Å²) < 4.78 is 0. The van der Waals surface area contributed by atoms with Crippen LogP contribution >= 0.6 is 11.6 Å². The summed E-state index contributed by atoms with van der Waals surface area (Å²) in [4.78, 5) is 34.9. The fourth-order valence-corrected chi connectivity index (χ4v) is 2.57. The van der Waals surface area contributed by atoms with Crippen molar-refractivity contribution < 1.29 is 14.4 Å². The molecule has 148 valence electrons. The first-order valence-corrected chi connectivity index (χ1v) is 9.26. The highest BCUT2D eigenvalue weighted by Gasteiger charge is 2.09. The topological polar surface area (TPSA) is 99.3 Å². The summed E-state index contributed by atoms with van der Waals surface area (Å²) in [7, 11) is 0. The molecular formula is C20H23ClN4O3. The number of amides is 3. The molecule has 7 nitrogen and oxygen atoms in total. The van der Waals surface area contributed by atoms with E-state index in [1.807, 2.05) is 6.92 Å². The third kappa shape index (κ3) is 6.92. The minimum absolute atomic E-state index is 0.0300. The average molecular weight is 403 g/mol. The van der Waals surface area contributed by atoms with E-state index < -0.39 is 0 Å². The number of anilines is 4. The van der Waals surface area contributed by atoms with E-state index in [-0.39, 0.29) is 24.3 Å². The van der Waals surface area contributed by atoms with Gasteiger partial charge >= 0.3 is 0 Å². The molecule has 2 rings (SSSR count). The lowest BCUT2D eigenvalue weighted by atomic mass is 10.2. The molecule has 0 aliphatic rings. The van der Waals surface area contributed by atoms with Crippen LogP contribution in [0.25, 0.3) is 0 Å². The fourth-order valence-electron chi connectivity index (χ4n) is 2.40. The summed E-state index contributed by atoms with van der Waals surface area (Å²) in [5.41, 5.74) is 2.40. The average Bonchev–Trinajstić information content (AvgIpc) is 2.63. The zero-order valence-corrected chi connectivity index (χ0v) is 16.5. The van der Waals surface area contributed by atoms with Gasteiger partial charge in [-0.2, -0.15) is 0 Å². The Morgan fingerprint density at radius 1 is 0.857 bits per heavy atom. The monoisotopic (exact) mass is 402 g/mol. The van der Waals surface area contributed by atoms with Gasteiger partial charge in [0.25, 0.3) is 0 Å². The Bertz CT molecular complexity index is 853. The van der Waals surface area contributed by atoms with E-state index in [0.717, 1.165) is 12.1 Å². The summed E-state index contributed by atoms with van der Waals surface area (Å²) >= 11 is 6.13. The Kier molecular flexibility index (Phi) is 7.83. The van der Waals surface area contributed by atoms with Crippen molar-refractivity contribution in [3.63, 3.8) is 0 Å². The molecule has 0 spiro atoms. The predicted molar refractivity (Wildman–Crippen MR) is 113 cm³/mol. The van der Waals surface area contributed by atoms with Crippen molar-refractivity contribution in [3.8, 4) is 0 Å². The predicted octanol–water partition coefficient (Wildman–Crippen LogP) is 4.09. The zero-order chi connectivity index (χ0) is 20.5. The molecule has 0 aliphatic carbocycles. The van der Waals surface area contributed by atoms with Crippen LogP contribution in [-0.4, -0.2) is 24.3 Å². The molecule has 4 N–H and O–H groups in total. The van der Waals surface area contributed by atoms with Crippen LogP contribution in [0.5, 0.6) is 0 Å². The summed E-state index contributed by atoms with van der Waals surface area (Å²) in [5, 5.41) is 11.5. The van der Waals surface area contributed by atoms with Gasteiger partial charge in [0, 0.05) is 30.4 Å². The summed E-state index contributed by atoms with van der Waals surface area (Å²) in [6, 6.07) is 11.9. The van der Waals surface area contributed by atoms with Gasteiger partial charge in [0.15, 0.2) is 0 Å². The maximum absolute atomic E-state index is 12.2. The van der Waals surface area contributed by atoms with Crippen LogP contribution in [0.1, 0.15) is 26.7 Å². The zero-order valence-electron chi connectivity index (χ0n) is 15.8. The van der Waals surface area contributed by atoms with Crippen LogP contribution in [0.4, 0.5) is 22.7 Å². The van der Waals surface area contributed by atoms with Crippen molar-refractivity contribution in [1.82, 2.24) is 0 Å². The van der Waals surface area contributed by atoms with Crippen molar-refractivity contribution in [3.05, 3.63) is 47.5 Å². The van der Waals surface area contributed by atoms with Crippen molar-refractivity contribution >= 4 is 52.1 Å². The maximum Gasteiger partial charge on any atom is 0.243 e. The molecule has 0 unspecified atom stereocenters. The van der Waals surface area contributed by atoms with Crippen LogP contribution in [0, 0.1) is 0 Å². The Balaban J connectivity index is 1.91. The molecule has 0 aromatic heterocycles. The molecule has 0 heterocycles. The second-order valence-electron chi connectivity index (χ2n) is 6.15. The molecule has 0 bridgehead atoms. The van der Waals surface area contributed by atoms with Crippen LogP contribution in [-0.2, 0) is 14.4 Å². The number of hydrogen-bond donors (Lipinski definition) is 4. The Labute approximate surface area is 168 Å². The number of rotatable bonds is 8. The minimum Gasteiger partial charge on any atom is -0.376 e. The normalized spacial score (nSPS) is 10.1. The molecule has 0 fully saturated rings. The van der Waals surface area contributed by atoms with E-state index in [1.165, 1.54) is 6.92 Å². The van der Waals surface area contributed by atoms with E-state index >= 15 is 0 Å². The Hall–Kier alpha value is -3.06. The van der Waals surface area contributed by atoms with E-state index in [0.29, 0.717) is 28.5 Å². The third-order valence-electron chi connectivity index (χ3n) is 3.66. The number of benzene rings is 2. The highest BCUT2D eigenvalue weighted by atomic mass is 35.5. The molecule has 2 aromatic carbocycles. The number of carbonyl (C=O) groups is 3. The van der Waals surface area contributed by atoms with Gasteiger partial charge in [-0.05, 0) is 48.9 Å². The Morgan fingerprint density at radius 2 is 1.50 bits per heavy atom. The molecule has 0 aliphatic heterocycles. The van der Waals surface area contributed by atoms with E-state index in [2.05, 4.69) is 21.3 Å². The maximum atomic E-state index is 12.2. The van der Waals surface area contributed by atoms with Crippen LogP contribution < -0.4 is 21.3 Å². The smallest absolute Gasteiger partial charge is 0.243 e. The van der Waals surface area contributed by atoms with Crippen LogP contribution in [0.15, 0.2) is 42.5 Å². The van der Waals surface area contributed by atoms with Gasteiger partial charge in [-0.15, -0.1) is 0 Å². The van der Waals surface area contributed by atoms with Crippen molar-refractivity contribution in [2.45, 2.75) is 26.7 Å². The van der Waals surface area contributed by atoms with Gasteiger partial charge in [0.1, 0.15) is 0 Å². The molecule has 2 aromatic rings. The molecule has 0 radical (unpaired) electrons. The number of carbonyl (C=O) groups excluding carboxylic acids is 3. The van der Waals surface area contributed by atoms with Gasteiger partial charge in [0.05, 0.1) is 17.3 Å². The first kappa shape index (κ1) is 21.2. The van der Waals surface area contributed by atoms with Crippen molar-refractivity contribution in [2.75, 3.05) is 27.8 Å². The molecule has 0 saturated carbocycles. The molecule has 3 amide bonds. The first-order chi connectivity index (χ1) is 13.4. The summed E-state index contributed by atoms with van der Waals surface area (Å²) in [6.45, 7) is 3.39. The van der Waals surface area contributed by atoms with E-state index in [1.54, 1.807) is 42.5 Å². The molecule has 28 heavy (non-hydrogen) atoms. The second kappa shape index (κ2) is 10.3. The number of halogens is 1. The second-order valence-corrected chi connectivity index (χ2v) is 6.56. The molecule has 0 atom stereocenters. The Morgan fingerprint density at radius 3 is 2.14 bits per heavy atom. The van der Waals surface area contributed by atoms with Crippen LogP contribution in [0.3, 0.4) is 0 Å². The minimum atomic E-state index is -0.287. The molecule has 0 saturated heterocycles. The molecular weight excluding hydrogens is 380 g/mol. The lowest BCUT2D eigenvalue weighted by Crippen LogP contribution is -2.22. The highest BCUT2D eigenvalue weighted by molar-refractivity contribution is 6.33. The van der Waals surface area contributed by atoms with E-state index in [4.69, 9.17) is 11.6 Å². The van der Waals surface area contributed by atoms with Gasteiger partial charge in [-0.1, -0.05) is 18.5 Å². The lowest BCUT2D eigenvalue weighted by Gasteiger charge is -2.12. The van der Waals surface area contributed by atoms with Crippen molar-refractivity contribution in [2.24, 2.45) is 0 Å². The number of nitrogens with one attached hydrogen (secondary N) is 4. The third-order valence-corrected chi connectivity index (χ3v) is 3.99. The van der Waals surface area contributed by atoms with Gasteiger partial charge in [0.2, 0.25) is 17.7 Å². The lowest BCUT2D eigenvalue weighted by molar-refractivity contribution is -0.116. The van der Waals surface area contributed by atoms with Crippen LogP contribution in [0.2, 0.25) is 5.02 Å². The van der Waals surface area contributed by atoms with Gasteiger partial charge in [-0.25, -0.2) is 0 Å². The SMILES string of the molecule is CCCC(=O)Nc1ccc(Cl)c(NC(=O)CNc2ccc(NC(C)=O)cc2)c1. The standard InChI is InChI=1S/C20H23ClN4O3/c1-3-4-19(27)24-16-9-10-17(21)18(11-16)25-20(28)12-22-14-5-7-15(8-6-14)23-13(2)26/h5-11,22H,3-4,12H2,1-2H3,(H,23,26)(H,24,27)(H,25,28). The largest absolute Gasteiger partial charge is 0.376 e. The first-order valence-electron chi connectivity index (χ1n) is 8.88. The summed E-state index contributed by atoms with van der Waals surface area (Å²) in [6.07, 6.45) is 1.18. The van der Waals surface area contributed by atoms with Gasteiger partial charge < -0.3 is 21.3 Å². The highest BCUT2D eigenvalue weighted by Crippen LogP contribution is 2.25. The quantitative estimate of drug-likeness (QED) is 0.534. The summed E-state index contributed by atoms with van der Waals surface area (Å²) in [5.74, 6) is -0.526. The van der Waals surface area contributed by atoms with E-state index in [9.17, 15) is 14.4 Å². The fraction of sp³-hybridized carbons (Fsp3) is 0.250. The van der Waals surface area contributed by atoms with Gasteiger partial charge in [-0.3, -0.25) is 14.4 Å². The number of hydrogen-bond acceptors (Lipinski definition) is 4. The molecule has 8 heteroatoms.